The Hall–Kier alpha value is -1.11. The quantitative estimate of drug-likeness (QED) is 0.928. The normalized spacial score (nSPS) is 23.9. The molecule has 0 saturated carbocycles. The maximum Gasteiger partial charge on any atom is 0.337 e. The Balaban J connectivity index is 2.40. The Bertz CT molecular complexity index is 634. The van der Waals surface area contributed by atoms with E-state index in [1.165, 1.54) is 16.4 Å². The van der Waals surface area contributed by atoms with E-state index in [4.69, 9.17) is 16.7 Å². The molecule has 2 atom stereocenters. The minimum Gasteiger partial charge on any atom is -0.478 e. The van der Waals surface area contributed by atoms with E-state index in [0.29, 0.717) is 13.1 Å². The van der Waals surface area contributed by atoms with Gasteiger partial charge in [-0.1, -0.05) is 25.4 Å². The summed E-state index contributed by atoms with van der Waals surface area (Å²) in [7, 11) is -3.67. The Morgan fingerprint density at radius 2 is 1.85 bits per heavy atom. The van der Waals surface area contributed by atoms with Gasteiger partial charge >= 0.3 is 5.97 Å². The zero-order valence-corrected chi connectivity index (χ0v) is 12.8. The fourth-order valence-corrected chi connectivity index (χ4v) is 4.12. The summed E-state index contributed by atoms with van der Waals surface area (Å²) in [5.74, 6) is -0.665. The van der Waals surface area contributed by atoms with Crippen LogP contribution in [0.2, 0.25) is 5.02 Å². The van der Waals surface area contributed by atoms with E-state index in [9.17, 15) is 13.2 Å². The lowest BCUT2D eigenvalue weighted by Gasteiger charge is -2.16. The Morgan fingerprint density at radius 1 is 1.30 bits per heavy atom. The molecule has 110 valence electrons. The predicted octanol–water partition coefficient (Wildman–Crippen LogP) is 2.31. The molecule has 20 heavy (non-hydrogen) atoms. The van der Waals surface area contributed by atoms with Crippen molar-refractivity contribution in [1.29, 1.82) is 0 Å². The monoisotopic (exact) mass is 317 g/mol. The molecule has 1 saturated heterocycles. The molecule has 1 aliphatic heterocycles. The number of halogens is 1. The summed E-state index contributed by atoms with van der Waals surface area (Å²) in [6.45, 7) is 4.92. The molecule has 0 bridgehead atoms. The van der Waals surface area contributed by atoms with Gasteiger partial charge in [-0.2, -0.15) is 4.31 Å². The van der Waals surface area contributed by atoms with Crippen molar-refractivity contribution in [2.24, 2.45) is 11.8 Å². The van der Waals surface area contributed by atoms with Crippen molar-refractivity contribution < 1.29 is 18.3 Å². The number of rotatable bonds is 3. The lowest BCUT2D eigenvalue weighted by atomic mass is 10.0. The largest absolute Gasteiger partial charge is 0.478 e. The molecule has 2 rings (SSSR count). The van der Waals surface area contributed by atoms with Crippen molar-refractivity contribution in [3.8, 4) is 0 Å². The van der Waals surface area contributed by atoms with Crippen molar-refractivity contribution >= 4 is 27.6 Å². The molecule has 2 unspecified atom stereocenters. The molecule has 1 fully saturated rings. The summed E-state index contributed by atoms with van der Waals surface area (Å²) in [6.07, 6.45) is 0. The average Bonchev–Trinajstić information content (AvgIpc) is 2.70. The number of nitrogens with zero attached hydrogens (tertiary/aromatic N) is 1. The highest BCUT2D eigenvalue weighted by Crippen LogP contribution is 2.29. The average molecular weight is 318 g/mol. The molecule has 0 amide bonds. The molecule has 1 heterocycles. The second-order valence-electron chi connectivity index (χ2n) is 5.22. The molecular weight excluding hydrogens is 302 g/mol. The zero-order valence-electron chi connectivity index (χ0n) is 11.2. The van der Waals surface area contributed by atoms with Gasteiger partial charge in [0, 0.05) is 13.1 Å². The summed E-state index contributed by atoms with van der Waals surface area (Å²) in [6, 6.07) is 3.77. The third kappa shape index (κ3) is 2.68. The Kier molecular flexibility index (Phi) is 4.09. The molecule has 1 aromatic carbocycles. The standard InChI is InChI=1S/C13H16ClNO4S/c1-8-6-15(7-9(8)2)20(18,19)10-3-4-12(14)11(5-10)13(16)17/h3-5,8-9H,6-7H2,1-2H3,(H,16,17). The number of benzene rings is 1. The third-order valence-electron chi connectivity index (χ3n) is 3.76. The van der Waals surface area contributed by atoms with Gasteiger partial charge in [-0.3, -0.25) is 0 Å². The van der Waals surface area contributed by atoms with E-state index < -0.39 is 16.0 Å². The number of hydrogen-bond acceptors (Lipinski definition) is 3. The molecule has 1 N–H and O–H groups in total. The first-order valence-electron chi connectivity index (χ1n) is 6.26. The highest BCUT2D eigenvalue weighted by molar-refractivity contribution is 7.89. The number of sulfonamides is 1. The van der Waals surface area contributed by atoms with Crippen LogP contribution in [0.15, 0.2) is 23.1 Å². The van der Waals surface area contributed by atoms with Crippen LogP contribution < -0.4 is 0 Å². The van der Waals surface area contributed by atoms with Crippen molar-refractivity contribution in [3.63, 3.8) is 0 Å². The van der Waals surface area contributed by atoms with Crippen LogP contribution in [0.1, 0.15) is 24.2 Å². The smallest absolute Gasteiger partial charge is 0.337 e. The van der Waals surface area contributed by atoms with Gasteiger partial charge in [0.1, 0.15) is 0 Å². The minimum atomic E-state index is -3.67. The number of carboxylic acids is 1. The van der Waals surface area contributed by atoms with Crippen LogP contribution in [-0.2, 0) is 10.0 Å². The van der Waals surface area contributed by atoms with Gasteiger partial charge in [0.2, 0.25) is 10.0 Å². The van der Waals surface area contributed by atoms with Crippen LogP contribution in [-0.4, -0.2) is 36.9 Å². The molecule has 0 radical (unpaired) electrons. The predicted molar refractivity (Wildman–Crippen MR) is 75.5 cm³/mol. The van der Waals surface area contributed by atoms with E-state index in [2.05, 4.69) is 0 Å². The highest BCUT2D eigenvalue weighted by atomic mass is 35.5. The van der Waals surface area contributed by atoms with Gasteiger partial charge < -0.3 is 5.11 Å². The van der Waals surface area contributed by atoms with Gasteiger partial charge in [-0.15, -0.1) is 0 Å². The highest BCUT2D eigenvalue weighted by Gasteiger charge is 2.35. The van der Waals surface area contributed by atoms with Crippen LogP contribution in [0.5, 0.6) is 0 Å². The lowest BCUT2D eigenvalue weighted by Crippen LogP contribution is -2.29. The summed E-state index contributed by atoms with van der Waals surface area (Å²) in [4.78, 5) is 11.0. The summed E-state index contributed by atoms with van der Waals surface area (Å²) < 4.78 is 26.4. The maximum atomic E-state index is 12.5. The first kappa shape index (κ1) is 15.3. The van der Waals surface area contributed by atoms with E-state index >= 15 is 0 Å². The molecular formula is C13H16ClNO4S. The van der Waals surface area contributed by atoms with E-state index in [-0.39, 0.29) is 27.3 Å². The van der Waals surface area contributed by atoms with Crippen LogP contribution in [0.4, 0.5) is 0 Å². The maximum absolute atomic E-state index is 12.5. The summed E-state index contributed by atoms with van der Waals surface area (Å²) in [5, 5.41) is 9.04. The molecule has 0 spiro atoms. The fourth-order valence-electron chi connectivity index (χ4n) is 2.25. The zero-order chi connectivity index (χ0) is 15.1. The van der Waals surface area contributed by atoms with Crippen LogP contribution in [0, 0.1) is 11.8 Å². The van der Waals surface area contributed by atoms with E-state index in [1.807, 2.05) is 13.8 Å². The van der Waals surface area contributed by atoms with E-state index in [0.717, 1.165) is 6.07 Å². The molecule has 7 heteroatoms. The second kappa shape index (κ2) is 5.35. The van der Waals surface area contributed by atoms with Gasteiger partial charge in [-0.05, 0) is 30.0 Å². The topological polar surface area (TPSA) is 74.7 Å². The van der Waals surface area contributed by atoms with Crippen LogP contribution in [0.25, 0.3) is 0 Å². The number of hydrogen-bond donors (Lipinski definition) is 1. The van der Waals surface area contributed by atoms with Crippen LogP contribution >= 0.6 is 11.6 Å². The van der Waals surface area contributed by atoms with Gasteiger partial charge in [0.05, 0.1) is 15.5 Å². The fraction of sp³-hybridized carbons (Fsp3) is 0.462. The molecule has 1 aliphatic rings. The molecule has 1 aromatic rings. The Morgan fingerprint density at radius 3 is 2.35 bits per heavy atom. The SMILES string of the molecule is CC1CN(S(=O)(=O)c2ccc(Cl)c(C(=O)O)c2)CC1C. The molecule has 0 aromatic heterocycles. The van der Waals surface area contributed by atoms with Crippen molar-refractivity contribution in [2.45, 2.75) is 18.7 Å². The Labute approximate surface area is 123 Å². The first-order chi connectivity index (χ1) is 9.23. The van der Waals surface area contributed by atoms with Gasteiger partial charge in [-0.25, -0.2) is 13.2 Å². The van der Waals surface area contributed by atoms with Gasteiger partial charge in [0.25, 0.3) is 0 Å². The number of carboxylic acid groups (broad SMARTS) is 1. The number of carbonyl (C=O) groups is 1. The number of aromatic carboxylic acids is 1. The third-order valence-corrected chi connectivity index (χ3v) is 5.92. The van der Waals surface area contributed by atoms with Crippen LogP contribution in [0.3, 0.4) is 0 Å². The van der Waals surface area contributed by atoms with E-state index in [1.54, 1.807) is 0 Å². The minimum absolute atomic E-state index is 0.0272. The lowest BCUT2D eigenvalue weighted by molar-refractivity contribution is 0.0697. The van der Waals surface area contributed by atoms with Gasteiger partial charge in [0.15, 0.2) is 0 Å². The van der Waals surface area contributed by atoms with Crippen molar-refractivity contribution in [1.82, 2.24) is 4.31 Å². The summed E-state index contributed by atoms with van der Waals surface area (Å²) >= 11 is 5.76. The molecule has 0 aliphatic carbocycles. The second-order valence-corrected chi connectivity index (χ2v) is 7.57. The van der Waals surface area contributed by atoms with Crippen molar-refractivity contribution in [3.05, 3.63) is 28.8 Å². The summed E-state index contributed by atoms with van der Waals surface area (Å²) in [5.41, 5.74) is -0.201. The van der Waals surface area contributed by atoms with Crippen molar-refractivity contribution in [2.75, 3.05) is 13.1 Å². The first-order valence-corrected chi connectivity index (χ1v) is 8.08. The molecule has 5 nitrogen and oxygen atoms in total.